The Labute approximate surface area is 99.2 Å². The molecule has 92 valence electrons. The van der Waals surface area contributed by atoms with Crippen LogP contribution in [0.15, 0.2) is 18.3 Å². The highest BCUT2D eigenvalue weighted by molar-refractivity contribution is 5.39. The second kappa shape index (κ2) is 5.58. The first kappa shape index (κ1) is 11.8. The van der Waals surface area contributed by atoms with Crippen molar-refractivity contribution in [2.45, 2.75) is 12.8 Å². The van der Waals surface area contributed by atoms with Gasteiger partial charge in [0.15, 0.2) is 0 Å². The highest BCUT2D eigenvalue weighted by Gasteiger charge is 2.17. The highest BCUT2D eigenvalue weighted by atomic mass is 16.6. The van der Waals surface area contributed by atoms with E-state index in [9.17, 15) is 10.1 Å². The monoisotopic (exact) mass is 237 g/mol. The van der Waals surface area contributed by atoms with E-state index in [1.807, 2.05) is 0 Å². The normalized spacial score (nSPS) is 19.2. The van der Waals surface area contributed by atoms with Crippen molar-refractivity contribution >= 4 is 5.69 Å². The van der Waals surface area contributed by atoms with Crippen LogP contribution in [-0.2, 0) is 0 Å². The third kappa shape index (κ3) is 3.13. The quantitative estimate of drug-likeness (QED) is 0.618. The fourth-order valence-electron chi connectivity index (χ4n) is 1.92. The maximum atomic E-state index is 10.7. The SMILES string of the molecule is O=[N+]([O-])c1cccnc1OCCC1CCNC1. The largest absolute Gasteiger partial charge is 0.473 e. The molecule has 1 fully saturated rings. The van der Waals surface area contributed by atoms with Crippen molar-refractivity contribution in [3.63, 3.8) is 0 Å². The van der Waals surface area contributed by atoms with Gasteiger partial charge in [0.2, 0.25) is 0 Å². The van der Waals surface area contributed by atoms with Crippen LogP contribution in [0.4, 0.5) is 5.69 Å². The number of hydrogen-bond acceptors (Lipinski definition) is 5. The van der Waals surface area contributed by atoms with E-state index in [0.717, 1.165) is 25.9 Å². The van der Waals surface area contributed by atoms with Crippen LogP contribution in [0.25, 0.3) is 0 Å². The van der Waals surface area contributed by atoms with E-state index in [0.29, 0.717) is 12.5 Å². The van der Waals surface area contributed by atoms with Gasteiger partial charge in [0.05, 0.1) is 11.5 Å². The van der Waals surface area contributed by atoms with Crippen LogP contribution in [-0.4, -0.2) is 29.6 Å². The summed E-state index contributed by atoms with van der Waals surface area (Å²) in [5, 5.41) is 14.0. The number of rotatable bonds is 5. The molecule has 2 heterocycles. The summed E-state index contributed by atoms with van der Waals surface area (Å²) < 4.78 is 5.38. The van der Waals surface area contributed by atoms with Crippen molar-refractivity contribution in [3.05, 3.63) is 28.4 Å². The number of hydrogen-bond donors (Lipinski definition) is 1. The van der Waals surface area contributed by atoms with Crippen molar-refractivity contribution in [2.75, 3.05) is 19.7 Å². The molecular formula is C11H15N3O3. The zero-order valence-electron chi connectivity index (χ0n) is 9.46. The molecule has 0 aromatic carbocycles. The number of ether oxygens (including phenoxy) is 1. The van der Waals surface area contributed by atoms with E-state index in [2.05, 4.69) is 10.3 Å². The molecule has 1 aliphatic heterocycles. The molecule has 1 aromatic rings. The molecule has 0 saturated carbocycles. The second-order valence-corrected chi connectivity index (χ2v) is 4.08. The Morgan fingerprint density at radius 3 is 3.24 bits per heavy atom. The minimum absolute atomic E-state index is 0.0722. The van der Waals surface area contributed by atoms with E-state index in [-0.39, 0.29) is 11.6 Å². The lowest BCUT2D eigenvalue weighted by atomic mass is 10.1. The van der Waals surface area contributed by atoms with Gasteiger partial charge in [-0.15, -0.1) is 0 Å². The van der Waals surface area contributed by atoms with Crippen LogP contribution >= 0.6 is 0 Å². The summed E-state index contributed by atoms with van der Waals surface area (Å²) in [4.78, 5) is 14.1. The van der Waals surface area contributed by atoms with E-state index < -0.39 is 4.92 Å². The highest BCUT2D eigenvalue weighted by Crippen LogP contribution is 2.23. The van der Waals surface area contributed by atoms with Gasteiger partial charge < -0.3 is 10.1 Å². The van der Waals surface area contributed by atoms with Crippen molar-refractivity contribution in [1.82, 2.24) is 10.3 Å². The molecule has 6 nitrogen and oxygen atoms in total. The van der Waals surface area contributed by atoms with Gasteiger partial charge in [-0.05, 0) is 37.9 Å². The first-order chi connectivity index (χ1) is 8.27. The topological polar surface area (TPSA) is 77.3 Å². The third-order valence-corrected chi connectivity index (χ3v) is 2.88. The van der Waals surface area contributed by atoms with Crippen molar-refractivity contribution in [1.29, 1.82) is 0 Å². The van der Waals surface area contributed by atoms with Crippen LogP contribution in [0.2, 0.25) is 0 Å². The Bertz CT molecular complexity index is 391. The number of pyridine rings is 1. The fraction of sp³-hybridized carbons (Fsp3) is 0.545. The lowest BCUT2D eigenvalue weighted by Gasteiger charge is -2.09. The van der Waals surface area contributed by atoms with Crippen LogP contribution in [0, 0.1) is 16.0 Å². The number of nitrogens with zero attached hydrogens (tertiary/aromatic N) is 2. The molecule has 6 heteroatoms. The molecule has 1 aromatic heterocycles. The van der Waals surface area contributed by atoms with Crippen molar-refractivity contribution in [3.8, 4) is 5.88 Å². The van der Waals surface area contributed by atoms with Gasteiger partial charge >= 0.3 is 5.69 Å². The molecule has 0 aliphatic carbocycles. The minimum atomic E-state index is -0.473. The standard InChI is InChI=1S/C11H15N3O3/c15-14(16)10-2-1-5-13-11(10)17-7-4-9-3-6-12-8-9/h1-2,5,9,12H,3-4,6-8H2. The van der Waals surface area contributed by atoms with E-state index >= 15 is 0 Å². The number of aromatic nitrogens is 1. The van der Waals surface area contributed by atoms with E-state index in [4.69, 9.17) is 4.74 Å². The van der Waals surface area contributed by atoms with Gasteiger partial charge in [0.25, 0.3) is 5.88 Å². The van der Waals surface area contributed by atoms with Crippen molar-refractivity contribution < 1.29 is 9.66 Å². The first-order valence-electron chi connectivity index (χ1n) is 5.70. The Morgan fingerprint density at radius 2 is 2.53 bits per heavy atom. The first-order valence-corrected chi connectivity index (χ1v) is 5.70. The Balaban J connectivity index is 1.87. The number of nitro groups is 1. The molecule has 1 saturated heterocycles. The summed E-state index contributed by atoms with van der Waals surface area (Å²) in [6.45, 7) is 2.53. The molecule has 0 radical (unpaired) electrons. The predicted molar refractivity (Wildman–Crippen MR) is 62.0 cm³/mol. The van der Waals surface area contributed by atoms with Crippen LogP contribution in [0.1, 0.15) is 12.8 Å². The molecule has 0 amide bonds. The molecule has 0 bridgehead atoms. The summed E-state index contributed by atoms with van der Waals surface area (Å²) in [5.74, 6) is 0.723. The van der Waals surface area contributed by atoms with Crippen LogP contribution in [0.3, 0.4) is 0 Å². The van der Waals surface area contributed by atoms with Crippen LogP contribution in [0.5, 0.6) is 5.88 Å². The molecule has 1 atom stereocenters. The summed E-state index contributed by atoms with van der Waals surface area (Å²) in [6, 6.07) is 2.94. The Hall–Kier alpha value is -1.69. The molecule has 1 aliphatic rings. The summed E-state index contributed by atoms with van der Waals surface area (Å²) in [5.41, 5.74) is -0.0722. The van der Waals surface area contributed by atoms with Crippen LogP contribution < -0.4 is 10.1 Å². The van der Waals surface area contributed by atoms with Gasteiger partial charge in [-0.1, -0.05) is 0 Å². The smallest absolute Gasteiger partial charge is 0.330 e. The van der Waals surface area contributed by atoms with Crippen molar-refractivity contribution in [2.24, 2.45) is 5.92 Å². The fourth-order valence-corrected chi connectivity index (χ4v) is 1.92. The average molecular weight is 237 g/mol. The van der Waals surface area contributed by atoms with E-state index in [1.54, 1.807) is 0 Å². The molecule has 2 rings (SSSR count). The lowest BCUT2D eigenvalue weighted by Crippen LogP contribution is -2.12. The summed E-state index contributed by atoms with van der Waals surface area (Å²) in [7, 11) is 0. The maximum Gasteiger partial charge on any atom is 0.330 e. The van der Waals surface area contributed by atoms with Gasteiger partial charge in [0, 0.05) is 12.3 Å². The minimum Gasteiger partial charge on any atom is -0.473 e. The zero-order chi connectivity index (χ0) is 12.1. The molecule has 1 unspecified atom stereocenters. The third-order valence-electron chi connectivity index (χ3n) is 2.88. The van der Waals surface area contributed by atoms with Gasteiger partial charge in [-0.2, -0.15) is 0 Å². The molecule has 17 heavy (non-hydrogen) atoms. The van der Waals surface area contributed by atoms with Gasteiger partial charge in [0.1, 0.15) is 0 Å². The average Bonchev–Trinajstić information content (AvgIpc) is 2.82. The zero-order valence-corrected chi connectivity index (χ0v) is 9.46. The van der Waals surface area contributed by atoms with E-state index in [1.165, 1.54) is 18.3 Å². The number of nitrogens with one attached hydrogen (secondary N) is 1. The lowest BCUT2D eigenvalue weighted by molar-refractivity contribution is -0.386. The Morgan fingerprint density at radius 1 is 1.65 bits per heavy atom. The maximum absolute atomic E-state index is 10.7. The van der Waals surface area contributed by atoms with Gasteiger partial charge in [-0.3, -0.25) is 10.1 Å². The molecule has 1 N–H and O–H groups in total. The summed E-state index contributed by atoms with van der Waals surface area (Å²) >= 11 is 0. The predicted octanol–water partition coefficient (Wildman–Crippen LogP) is 1.37. The second-order valence-electron chi connectivity index (χ2n) is 4.08. The molecule has 0 spiro atoms. The van der Waals surface area contributed by atoms with Gasteiger partial charge in [-0.25, -0.2) is 4.98 Å². The Kier molecular flexibility index (Phi) is 3.87. The summed E-state index contributed by atoms with van der Waals surface area (Å²) in [6.07, 6.45) is 3.55. The molecular weight excluding hydrogens is 222 g/mol.